The summed E-state index contributed by atoms with van der Waals surface area (Å²) in [4.78, 5) is 25.1. The van der Waals surface area contributed by atoms with Gasteiger partial charge in [-0.05, 0) is 50.1 Å². The molecule has 0 aliphatic heterocycles. The molecule has 0 radical (unpaired) electrons. The summed E-state index contributed by atoms with van der Waals surface area (Å²) in [5.41, 5.74) is 12.9. The summed E-state index contributed by atoms with van der Waals surface area (Å²) in [7, 11) is 0. The zero-order valence-electron chi connectivity index (χ0n) is 16.4. The number of nitrogens with one attached hydrogen (secondary N) is 1. The molecule has 2 aromatic heterocycles. The van der Waals surface area contributed by atoms with Crippen molar-refractivity contribution in [2.45, 2.75) is 37.5 Å². The number of nitrogen functional groups attached to an aromatic ring is 1. The van der Waals surface area contributed by atoms with Crippen LogP contribution in [-0.4, -0.2) is 55.8 Å². The van der Waals surface area contributed by atoms with Crippen molar-refractivity contribution in [3.63, 3.8) is 0 Å². The lowest BCUT2D eigenvalue weighted by atomic mass is 10.1. The molecule has 4 rings (SSSR count). The Kier molecular flexibility index (Phi) is 5.77. The second kappa shape index (κ2) is 8.64. The van der Waals surface area contributed by atoms with Gasteiger partial charge in [-0.15, -0.1) is 0 Å². The SMILES string of the molecule is NCCCOc1ccc(C(=O)N[C@H]2CC[C@H](n3cnc4c(N)ncnc43)[C@H]2O)cc1. The van der Waals surface area contributed by atoms with Gasteiger partial charge < -0.3 is 31.2 Å². The standard InChI is InChI=1S/C20H25N7O3/c21-8-1-9-30-13-4-2-12(3-5-13)20(29)26-14-6-7-15(17(14)28)27-11-25-16-18(22)23-10-24-19(16)27/h2-5,10-11,14-15,17,28H,1,6-9,21H2,(H,26,29)(H2,22,23,24)/t14-,15-,17-/m0/s1. The number of ether oxygens (including phenoxy) is 1. The average Bonchev–Trinajstić information content (AvgIpc) is 3.33. The van der Waals surface area contributed by atoms with Crippen molar-refractivity contribution in [2.24, 2.45) is 5.73 Å². The minimum absolute atomic E-state index is 0.240. The molecule has 3 atom stereocenters. The number of anilines is 1. The summed E-state index contributed by atoms with van der Waals surface area (Å²) < 4.78 is 7.35. The molecule has 1 saturated carbocycles. The Morgan fingerprint density at radius 2 is 2.03 bits per heavy atom. The van der Waals surface area contributed by atoms with Crippen LogP contribution in [0.3, 0.4) is 0 Å². The Labute approximate surface area is 173 Å². The quantitative estimate of drug-likeness (QED) is 0.413. The van der Waals surface area contributed by atoms with Crippen LogP contribution in [0, 0.1) is 0 Å². The lowest BCUT2D eigenvalue weighted by Crippen LogP contribution is -2.42. The van der Waals surface area contributed by atoms with Crippen molar-refractivity contribution in [1.82, 2.24) is 24.8 Å². The van der Waals surface area contributed by atoms with Crippen LogP contribution in [0.15, 0.2) is 36.9 Å². The van der Waals surface area contributed by atoms with E-state index in [2.05, 4.69) is 20.3 Å². The highest BCUT2D eigenvalue weighted by Crippen LogP contribution is 2.33. The number of nitrogens with zero attached hydrogens (tertiary/aromatic N) is 4. The Hall–Kier alpha value is -3.24. The molecule has 0 bridgehead atoms. The van der Waals surface area contributed by atoms with Crippen molar-refractivity contribution < 1.29 is 14.6 Å². The highest BCUT2D eigenvalue weighted by atomic mass is 16.5. The molecule has 2 heterocycles. The largest absolute Gasteiger partial charge is 0.494 e. The van der Waals surface area contributed by atoms with E-state index in [1.165, 1.54) is 6.33 Å². The lowest BCUT2D eigenvalue weighted by molar-refractivity contribution is 0.0817. The number of imidazole rings is 1. The molecule has 1 aliphatic carbocycles. The van der Waals surface area contributed by atoms with Gasteiger partial charge in [0.2, 0.25) is 0 Å². The van der Waals surface area contributed by atoms with E-state index in [-0.39, 0.29) is 18.0 Å². The molecule has 10 nitrogen and oxygen atoms in total. The fourth-order valence-corrected chi connectivity index (χ4v) is 3.76. The number of hydrogen-bond acceptors (Lipinski definition) is 8. The molecule has 6 N–H and O–H groups in total. The van der Waals surface area contributed by atoms with E-state index in [4.69, 9.17) is 16.2 Å². The van der Waals surface area contributed by atoms with Crippen LogP contribution in [0.1, 0.15) is 35.7 Å². The maximum Gasteiger partial charge on any atom is 0.251 e. The van der Waals surface area contributed by atoms with E-state index in [1.807, 2.05) is 0 Å². The molecule has 1 amide bonds. The van der Waals surface area contributed by atoms with E-state index in [1.54, 1.807) is 35.2 Å². The molecule has 1 aromatic carbocycles. The first kappa shape index (κ1) is 20.0. The monoisotopic (exact) mass is 411 g/mol. The molecule has 1 fully saturated rings. The Morgan fingerprint density at radius 3 is 2.80 bits per heavy atom. The summed E-state index contributed by atoms with van der Waals surface area (Å²) in [5.74, 6) is 0.746. The van der Waals surface area contributed by atoms with Gasteiger partial charge in [-0.1, -0.05) is 0 Å². The van der Waals surface area contributed by atoms with Crippen molar-refractivity contribution >= 4 is 22.9 Å². The van der Waals surface area contributed by atoms with E-state index in [0.717, 1.165) is 6.42 Å². The number of aromatic nitrogens is 4. The van der Waals surface area contributed by atoms with Crippen LogP contribution in [0.5, 0.6) is 5.75 Å². The van der Waals surface area contributed by atoms with Crippen LogP contribution < -0.4 is 21.5 Å². The first-order chi connectivity index (χ1) is 14.6. The first-order valence-electron chi connectivity index (χ1n) is 9.93. The minimum Gasteiger partial charge on any atom is -0.494 e. The van der Waals surface area contributed by atoms with Gasteiger partial charge >= 0.3 is 0 Å². The Morgan fingerprint density at radius 1 is 1.23 bits per heavy atom. The van der Waals surface area contributed by atoms with Gasteiger partial charge in [-0.3, -0.25) is 4.79 Å². The number of aliphatic hydroxyl groups is 1. The average molecular weight is 411 g/mol. The highest BCUT2D eigenvalue weighted by molar-refractivity contribution is 5.94. The fraction of sp³-hybridized carbons (Fsp3) is 0.400. The number of carbonyl (C=O) groups excluding carboxylic acids is 1. The molecule has 10 heteroatoms. The summed E-state index contributed by atoms with van der Waals surface area (Å²) in [6.45, 7) is 1.11. The summed E-state index contributed by atoms with van der Waals surface area (Å²) >= 11 is 0. The number of aliphatic hydroxyl groups excluding tert-OH is 1. The first-order valence-corrected chi connectivity index (χ1v) is 9.93. The third-order valence-corrected chi connectivity index (χ3v) is 5.37. The number of amides is 1. The normalized spacial score (nSPS) is 21.1. The number of benzene rings is 1. The Balaban J connectivity index is 1.41. The molecule has 30 heavy (non-hydrogen) atoms. The second-order valence-electron chi connectivity index (χ2n) is 7.31. The molecule has 0 saturated heterocycles. The zero-order chi connectivity index (χ0) is 21.1. The number of carbonyl (C=O) groups is 1. The zero-order valence-corrected chi connectivity index (χ0v) is 16.4. The predicted molar refractivity (Wildman–Crippen MR) is 111 cm³/mol. The molecule has 158 valence electrons. The Bertz CT molecular complexity index is 1020. The van der Waals surface area contributed by atoms with Crippen LogP contribution in [-0.2, 0) is 0 Å². The van der Waals surface area contributed by atoms with Gasteiger partial charge in [-0.25, -0.2) is 15.0 Å². The molecule has 1 aliphatic rings. The van der Waals surface area contributed by atoms with Crippen molar-refractivity contribution in [3.8, 4) is 5.75 Å². The number of nitrogens with two attached hydrogens (primary N) is 2. The van der Waals surface area contributed by atoms with Gasteiger partial charge in [0.25, 0.3) is 5.91 Å². The summed E-state index contributed by atoms with van der Waals surface area (Å²) in [6.07, 6.45) is 4.29. The number of rotatable bonds is 7. The van der Waals surface area contributed by atoms with Gasteiger partial charge in [0.15, 0.2) is 11.5 Å². The molecule has 3 aromatic rings. The number of hydrogen-bond donors (Lipinski definition) is 4. The summed E-state index contributed by atoms with van der Waals surface area (Å²) in [6, 6.07) is 6.28. The van der Waals surface area contributed by atoms with Crippen LogP contribution >= 0.6 is 0 Å². The van der Waals surface area contributed by atoms with E-state index in [9.17, 15) is 9.90 Å². The fourth-order valence-electron chi connectivity index (χ4n) is 3.76. The lowest BCUT2D eigenvalue weighted by Gasteiger charge is -2.22. The van der Waals surface area contributed by atoms with Gasteiger partial charge in [-0.2, -0.15) is 0 Å². The van der Waals surface area contributed by atoms with Crippen molar-refractivity contribution in [3.05, 3.63) is 42.5 Å². The second-order valence-corrected chi connectivity index (χ2v) is 7.31. The van der Waals surface area contributed by atoms with E-state index in [0.29, 0.717) is 54.3 Å². The molecule has 0 spiro atoms. The topological polar surface area (TPSA) is 154 Å². The number of fused-ring (bicyclic) bond motifs is 1. The minimum atomic E-state index is -0.776. The van der Waals surface area contributed by atoms with Crippen LogP contribution in [0.4, 0.5) is 5.82 Å². The van der Waals surface area contributed by atoms with Gasteiger partial charge in [0.05, 0.1) is 31.1 Å². The van der Waals surface area contributed by atoms with E-state index < -0.39 is 6.10 Å². The maximum absolute atomic E-state index is 12.6. The maximum atomic E-state index is 12.6. The van der Waals surface area contributed by atoms with Gasteiger partial charge in [0.1, 0.15) is 17.6 Å². The third kappa shape index (κ3) is 3.91. The predicted octanol–water partition coefficient (Wildman–Crippen LogP) is 0.631. The van der Waals surface area contributed by atoms with Gasteiger partial charge in [0, 0.05) is 5.56 Å². The van der Waals surface area contributed by atoms with Crippen LogP contribution in [0.2, 0.25) is 0 Å². The highest BCUT2D eigenvalue weighted by Gasteiger charge is 2.37. The summed E-state index contributed by atoms with van der Waals surface area (Å²) in [5, 5.41) is 13.8. The molecule has 0 unspecified atom stereocenters. The third-order valence-electron chi connectivity index (χ3n) is 5.37. The molecular weight excluding hydrogens is 386 g/mol. The smallest absolute Gasteiger partial charge is 0.251 e. The van der Waals surface area contributed by atoms with Crippen molar-refractivity contribution in [1.29, 1.82) is 0 Å². The van der Waals surface area contributed by atoms with Crippen LogP contribution in [0.25, 0.3) is 11.2 Å². The van der Waals surface area contributed by atoms with Crippen molar-refractivity contribution in [2.75, 3.05) is 18.9 Å². The van der Waals surface area contributed by atoms with E-state index >= 15 is 0 Å². The molecular formula is C20H25N7O3.